The molecule has 0 spiro atoms. The van der Waals surface area contributed by atoms with E-state index in [1.165, 1.54) is 0 Å². The number of para-hydroxylation sites is 1. The molecule has 3 rings (SSSR count). The van der Waals surface area contributed by atoms with Gasteiger partial charge in [-0.1, -0.05) is 56.0 Å². The summed E-state index contributed by atoms with van der Waals surface area (Å²) in [5, 5.41) is 11.5. The smallest absolute Gasteiger partial charge is 0.327 e. The third-order valence-electron chi connectivity index (χ3n) is 4.21. The Morgan fingerprint density at radius 1 is 1.33 bits per heavy atom. The maximum atomic E-state index is 12.9. The number of hydrogen-bond acceptors (Lipinski definition) is 5. The summed E-state index contributed by atoms with van der Waals surface area (Å²) in [6, 6.07) is 6.17. The van der Waals surface area contributed by atoms with Gasteiger partial charge in [-0.3, -0.25) is 14.5 Å². The summed E-state index contributed by atoms with van der Waals surface area (Å²) >= 11 is 6.35. The largest absolute Gasteiger partial charge is 0.480 e. The topological polar surface area (TPSA) is 86.7 Å². The van der Waals surface area contributed by atoms with Crippen molar-refractivity contribution in [2.75, 3.05) is 5.32 Å². The van der Waals surface area contributed by atoms with Gasteiger partial charge in [0.2, 0.25) is 11.8 Å². The fourth-order valence-electron chi connectivity index (χ4n) is 3.13. The van der Waals surface area contributed by atoms with Crippen molar-refractivity contribution in [3.8, 4) is 0 Å². The molecule has 2 amide bonds. The fourth-order valence-corrected chi connectivity index (χ4v) is 4.80. The van der Waals surface area contributed by atoms with Gasteiger partial charge < -0.3 is 10.4 Å². The van der Waals surface area contributed by atoms with E-state index < -0.39 is 29.1 Å². The van der Waals surface area contributed by atoms with Crippen molar-refractivity contribution >= 4 is 51.8 Å². The maximum absolute atomic E-state index is 12.9. The Morgan fingerprint density at radius 2 is 2.00 bits per heavy atom. The molecule has 2 heterocycles. The molecule has 6 nitrogen and oxygen atoms in total. The number of rotatable bonds is 4. The first-order valence-electron chi connectivity index (χ1n) is 7.49. The predicted molar refractivity (Wildman–Crippen MR) is 94.9 cm³/mol. The summed E-state index contributed by atoms with van der Waals surface area (Å²) in [4.78, 5) is 38.0. The Labute approximate surface area is 148 Å². The van der Waals surface area contributed by atoms with Crippen molar-refractivity contribution in [2.45, 2.75) is 31.1 Å². The molecule has 1 aromatic carbocycles. The summed E-state index contributed by atoms with van der Waals surface area (Å²) in [5.41, 5.74) is 1.43. The van der Waals surface area contributed by atoms with E-state index in [1.807, 2.05) is 0 Å². The number of anilines is 1. The molecule has 24 heavy (non-hydrogen) atoms. The maximum Gasteiger partial charge on any atom is 0.327 e. The lowest BCUT2D eigenvalue weighted by Crippen LogP contribution is -2.48. The molecule has 0 bridgehead atoms. The van der Waals surface area contributed by atoms with Crippen molar-refractivity contribution in [3.63, 3.8) is 0 Å². The van der Waals surface area contributed by atoms with E-state index in [-0.39, 0.29) is 16.1 Å². The van der Waals surface area contributed by atoms with Crippen LogP contribution in [0.15, 0.2) is 24.3 Å². The van der Waals surface area contributed by atoms with E-state index in [0.717, 1.165) is 22.2 Å². The van der Waals surface area contributed by atoms with Crippen LogP contribution in [0.25, 0.3) is 0 Å². The predicted octanol–water partition coefficient (Wildman–Crippen LogP) is 2.06. The Balaban J connectivity index is 1.95. The van der Waals surface area contributed by atoms with Crippen molar-refractivity contribution < 1.29 is 19.5 Å². The number of carboxylic acid groups (broad SMARTS) is 1. The number of nitrogens with one attached hydrogen (secondary N) is 1. The lowest BCUT2D eigenvalue weighted by atomic mass is 9.95. The molecule has 2 aliphatic rings. The zero-order chi connectivity index (χ0) is 17.6. The minimum absolute atomic E-state index is 0.211. The monoisotopic (exact) mass is 364 g/mol. The van der Waals surface area contributed by atoms with Crippen molar-refractivity contribution in [3.05, 3.63) is 29.8 Å². The molecule has 0 aromatic heterocycles. The molecule has 1 saturated heterocycles. The van der Waals surface area contributed by atoms with Crippen LogP contribution in [0.4, 0.5) is 5.69 Å². The van der Waals surface area contributed by atoms with Crippen molar-refractivity contribution in [1.82, 2.24) is 4.90 Å². The second-order valence-corrected chi connectivity index (χ2v) is 7.87. The van der Waals surface area contributed by atoms with Crippen LogP contribution >= 0.6 is 24.0 Å². The Morgan fingerprint density at radius 3 is 2.62 bits per heavy atom. The quantitative estimate of drug-likeness (QED) is 0.796. The molecule has 8 heteroatoms. The lowest BCUT2D eigenvalue weighted by molar-refractivity contribution is -0.148. The van der Waals surface area contributed by atoms with E-state index in [1.54, 1.807) is 38.1 Å². The van der Waals surface area contributed by atoms with Crippen LogP contribution in [0.5, 0.6) is 0 Å². The highest BCUT2D eigenvalue weighted by molar-refractivity contribution is 8.24. The lowest BCUT2D eigenvalue weighted by Gasteiger charge is -2.27. The highest BCUT2D eigenvalue weighted by Gasteiger charge is 2.51. The van der Waals surface area contributed by atoms with E-state index in [9.17, 15) is 19.5 Å². The number of carbonyl (C=O) groups excluding carboxylic acids is 2. The second-order valence-electron chi connectivity index (χ2n) is 6.09. The van der Waals surface area contributed by atoms with Crippen LogP contribution in [0.1, 0.15) is 25.3 Å². The summed E-state index contributed by atoms with van der Waals surface area (Å²) in [7, 11) is 0. The number of carboxylic acids is 1. The molecule has 1 aromatic rings. The first-order valence-corrected chi connectivity index (χ1v) is 8.78. The Bertz CT molecular complexity index is 749. The van der Waals surface area contributed by atoms with Gasteiger partial charge in [0.25, 0.3) is 0 Å². The minimum atomic E-state index is -1.10. The molecule has 2 aliphatic heterocycles. The summed E-state index contributed by atoms with van der Waals surface area (Å²) in [5.74, 6) is -2.74. The molecule has 2 N–H and O–H groups in total. The van der Waals surface area contributed by atoms with E-state index >= 15 is 0 Å². The van der Waals surface area contributed by atoms with E-state index in [2.05, 4.69) is 5.32 Å². The number of aliphatic carboxylic acids is 1. The zero-order valence-corrected chi connectivity index (χ0v) is 14.7. The van der Waals surface area contributed by atoms with Gasteiger partial charge in [-0.2, -0.15) is 0 Å². The standard InChI is InChI=1S/C16H16N2O4S2/c1-7(2)11(15(21)22)18-14(20)12(24-16(18)23)10-8-5-3-4-6-9(8)17-13(10)19/h3-7,10-12H,1-2H3,(H,17,19)(H,21,22). The van der Waals surface area contributed by atoms with Gasteiger partial charge in [-0.05, 0) is 17.5 Å². The average molecular weight is 364 g/mol. The van der Waals surface area contributed by atoms with Crippen LogP contribution in [0, 0.1) is 5.92 Å². The van der Waals surface area contributed by atoms with Crippen LogP contribution in [-0.4, -0.2) is 43.4 Å². The minimum Gasteiger partial charge on any atom is -0.480 e. The first kappa shape index (κ1) is 16.9. The molecule has 0 saturated carbocycles. The van der Waals surface area contributed by atoms with E-state index in [0.29, 0.717) is 5.69 Å². The number of thioether (sulfide) groups is 1. The third kappa shape index (κ3) is 2.59. The van der Waals surface area contributed by atoms with Crippen LogP contribution in [0.2, 0.25) is 0 Å². The van der Waals surface area contributed by atoms with Gasteiger partial charge in [0.15, 0.2) is 0 Å². The highest BCUT2D eigenvalue weighted by atomic mass is 32.2. The van der Waals surface area contributed by atoms with Gasteiger partial charge in [-0.25, -0.2) is 4.79 Å². The Hall–Kier alpha value is -1.93. The van der Waals surface area contributed by atoms with E-state index in [4.69, 9.17) is 12.2 Å². The number of fused-ring (bicyclic) bond motifs is 1. The van der Waals surface area contributed by atoms with Gasteiger partial charge in [0, 0.05) is 5.69 Å². The Kier molecular flexibility index (Phi) is 4.35. The number of carbonyl (C=O) groups is 3. The van der Waals surface area contributed by atoms with Crippen LogP contribution in [0.3, 0.4) is 0 Å². The van der Waals surface area contributed by atoms with Gasteiger partial charge in [0.05, 0.1) is 5.92 Å². The highest BCUT2D eigenvalue weighted by Crippen LogP contribution is 2.44. The second kappa shape index (κ2) is 6.18. The summed E-state index contributed by atoms with van der Waals surface area (Å²) in [6.07, 6.45) is 0. The van der Waals surface area contributed by atoms with Crippen molar-refractivity contribution in [1.29, 1.82) is 0 Å². The van der Waals surface area contributed by atoms with Gasteiger partial charge in [-0.15, -0.1) is 0 Å². The third-order valence-corrected chi connectivity index (χ3v) is 5.82. The molecule has 1 fully saturated rings. The SMILES string of the molecule is CC(C)C(C(=O)O)N1C(=O)C(C2C(=O)Nc3ccccc32)SC1=S. The number of benzene rings is 1. The van der Waals surface area contributed by atoms with Crippen LogP contribution < -0.4 is 5.32 Å². The molecular formula is C16H16N2O4S2. The average Bonchev–Trinajstić information content (AvgIpc) is 2.97. The molecule has 0 aliphatic carbocycles. The number of thiocarbonyl (C=S) groups is 1. The van der Waals surface area contributed by atoms with Crippen LogP contribution in [-0.2, 0) is 14.4 Å². The number of nitrogens with zero attached hydrogens (tertiary/aromatic N) is 1. The normalized spacial score (nSPS) is 24.3. The molecule has 3 unspecified atom stereocenters. The van der Waals surface area contributed by atoms with Gasteiger partial charge >= 0.3 is 5.97 Å². The van der Waals surface area contributed by atoms with Crippen molar-refractivity contribution in [2.24, 2.45) is 5.92 Å². The zero-order valence-electron chi connectivity index (χ0n) is 13.1. The first-order chi connectivity index (χ1) is 11.3. The molecule has 0 radical (unpaired) electrons. The molecular weight excluding hydrogens is 348 g/mol. The fraction of sp³-hybridized carbons (Fsp3) is 0.375. The summed E-state index contributed by atoms with van der Waals surface area (Å²) < 4.78 is 0.211. The number of hydrogen-bond donors (Lipinski definition) is 2. The molecule has 126 valence electrons. The van der Waals surface area contributed by atoms with Gasteiger partial charge in [0.1, 0.15) is 15.6 Å². The summed E-state index contributed by atoms with van der Waals surface area (Å²) in [6.45, 7) is 3.45. The molecule has 3 atom stereocenters. The number of amides is 2.